The fourth-order valence-corrected chi connectivity index (χ4v) is 4.24. The van der Waals surface area contributed by atoms with Crippen LogP contribution in [0.4, 0.5) is 0 Å². The predicted octanol–water partition coefficient (Wildman–Crippen LogP) is 3.47. The van der Waals surface area contributed by atoms with Gasteiger partial charge < -0.3 is 14.7 Å². The van der Waals surface area contributed by atoms with E-state index in [0.717, 1.165) is 16.7 Å². The summed E-state index contributed by atoms with van der Waals surface area (Å²) in [7, 11) is 1.58. The van der Waals surface area contributed by atoms with Crippen molar-refractivity contribution in [3.05, 3.63) is 70.7 Å². The van der Waals surface area contributed by atoms with E-state index in [0.29, 0.717) is 17.2 Å². The number of hydrogen-bond donors (Lipinski definition) is 1. The van der Waals surface area contributed by atoms with Crippen LogP contribution in [0.3, 0.4) is 0 Å². The van der Waals surface area contributed by atoms with Crippen molar-refractivity contribution in [3.63, 3.8) is 0 Å². The third-order valence-electron chi connectivity index (χ3n) is 4.86. The number of ether oxygens (including phenoxy) is 1. The van der Waals surface area contributed by atoms with E-state index in [-0.39, 0.29) is 18.1 Å². The number of carbonyl (C=O) groups is 2. The SMILES string of the molecule is COc1ccccc1-c1nc(C(=O)N2Cc3ccccc3C[C@H]2C(=O)O)cs1. The molecule has 28 heavy (non-hydrogen) atoms. The normalized spacial score (nSPS) is 15.8. The van der Waals surface area contributed by atoms with Gasteiger partial charge in [0.2, 0.25) is 0 Å². The Morgan fingerprint density at radius 1 is 1.14 bits per heavy atom. The van der Waals surface area contributed by atoms with E-state index in [9.17, 15) is 14.7 Å². The first-order valence-corrected chi connectivity index (χ1v) is 9.66. The van der Waals surface area contributed by atoms with Crippen LogP contribution in [0.15, 0.2) is 53.9 Å². The van der Waals surface area contributed by atoms with Gasteiger partial charge in [-0.15, -0.1) is 11.3 Å². The first kappa shape index (κ1) is 18.2. The average Bonchev–Trinajstić information content (AvgIpc) is 3.22. The standard InChI is InChI=1S/C21H18N2O4S/c1-27-18-9-5-4-8-15(18)19-22-16(12-28-19)20(24)23-11-14-7-3-2-6-13(14)10-17(23)21(25)26/h2-9,12,17H,10-11H2,1H3,(H,25,26)/t17-/m0/s1. The second-order valence-electron chi connectivity index (χ2n) is 6.50. The fourth-order valence-electron chi connectivity index (χ4n) is 3.42. The van der Waals surface area contributed by atoms with Crippen LogP contribution in [-0.4, -0.2) is 40.0 Å². The zero-order valence-electron chi connectivity index (χ0n) is 15.2. The zero-order valence-corrected chi connectivity index (χ0v) is 16.0. The maximum absolute atomic E-state index is 13.1. The van der Waals surface area contributed by atoms with Crippen molar-refractivity contribution in [2.45, 2.75) is 19.0 Å². The molecule has 3 aromatic rings. The largest absolute Gasteiger partial charge is 0.496 e. The van der Waals surface area contributed by atoms with Gasteiger partial charge in [0.1, 0.15) is 22.5 Å². The molecule has 0 bridgehead atoms. The molecule has 142 valence electrons. The van der Waals surface area contributed by atoms with Crippen molar-refractivity contribution in [1.29, 1.82) is 0 Å². The van der Waals surface area contributed by atoms with Gasteiger partial charge in [-0.1, -0.05) is 36.4 Å². The molecular formula is C21H18N2O4S. The lowest BCUT2D eigenvalue weighted by Gasteiger charge is -2.34. The molecule has 1 aromatic heterocycles. The quantitative estimate of drug-likeness (QED) is 0.733. The molecule has 0 saturated carbocycles. The maximum Gasteiger partial charge on any atom is 0.326 e. The highest BCUT2D eigenvalue weighted by atomic mass is 32.1. The summed E-state index contributed by atoms with van der Waals surface area (Å²) in [6.07, 6.45) is 0.292. The van der Waals surface area contributed by atoms with Crippen LogP contribution >= 0.6 is 11.3 Å². The van der Waals surface area contributed by atoms with Crippen LogP contribution in [0.2, 0.25) is 0 Å². The summed E-state index contributed by atoms with van der Waals surface area (Å²) in [5.41, 5.74) is 2.98. The molecule has 1 N–H and O–H groups in total. The van der Waals surface area contributed by atoms with Crippen molar-refractivity contribution in [2.75, 3.05) is 7.11 Å². The Morgan fingerprint density at radius 2 is 1.86 bits per heavy atom. The number of aromatic nitrogens is 1. The molecule has 0 aliphatic carbocycles. The number of carboxylic acids is 1. The molecule has 4 rings (SSSR count). The van der Waals surface area contributed by atoms with E-state index in [4.69, 9.17) is 4.74 Å². The number of rotatable bonds is 4. The van der Waals surface area contributed by atoms with E-state index in [2.05, 4.69) is 4.98 Å². The monoisotopic (exact) mass is 394 g/mol. The highest BCUT2D eigenvalue weighted by molar-refractivity contribution is 7.13. The van der Waals surface area contributed by atoms with Gasteiger partial charge in [-0.05, 0) is 23.3 Å². The summed E-state index contributed by atoms with van der Waals surface area (Å²) in [6, 6.07) is 14.2. The molecule has 0 saturated heterocycles. The number of thiazole rings is 1. The number of methoxy groups -OCH3 is 1. The summed E-state index contributed by atoms with van der Waals surface area (Å²) < 4.78 is 5.37. The molecule has 2 heterocycles. The third kappa shape index (κ3) is 3.25. The van der Waals surface area contributed by atoms with Gasteiger partial charge in [0, 0.05) is 18.3 Å². The molecule has 1 aliphatic heterocycles. The minimum atomic E-state index is -1.01. The second kappa shape index (κ2) is 7.44. The lowest BCUT2D eigenvalue weighted by Crippen LogP contribution is -2.48. The summed E-state index contributed by atoms with van der Waals surface area (Å²) in [5.74, 6) is -0.714. The molecule has 7 heteroatoms. The van der Waals surface area contributed by atoms with E-state index < -0.39 is 12.0 Å². The number of amides is 1. The first-order valence-electron chi connectivity index (χ1n) is 8.78. The Bertz CT molecular complexity index is 1050. The first-order chi connectivity index (χ1) is 13.6. The Morgan fingerprint density at radius 3 is 2.61 bits per heavy atom. The Hall–Kier alpha value is -3.19. The number of benzene rings is 2. The molecule has 6 nitrogen and oxygen atoms in total. The van der Waals surface area contributed by atoms with Crippen molar-refractivity contribution < 1.29 is 19.4 Å². The molecule has 2 aromatic carbocycles. The molecule has 0 radical (unpaired) electrons. The lowest BCUT2D eigenvalue weighted by molar-refractivity contribution is -0.142. The predicted molar refractivity (Wildman–Crippen MR) is 106 cm³/mol. The average molecular weight is 394 g/mol. The summed E-state index contributed by atoms with van der Waals surface area (Å²) >= 11 is 1.33. The van der Waals surface area contributed by atoms with Crippen molar-refractivity contribution >= 4 is 23.2 Å². The van der Waals surface area contributed by atoms with E-state index >= 15 is 0 Å². The Labute approximate surface area is 166 Å². The minimum absolute atomic E-state index is 0.247. The van der Waals surface area contributed by atoms with Crippen LogP contribution in [0.25, 0.3) is 10.6 Å². The van der Waals surface area contributed by atoms with Gasteiger partial charge in [-0.25, -0.2) is 9.78 Å². The van der Waals surface area contributed by atoms with E-state index in [1.807, 2.05) is 48.5 Å². The lowest BCUT2D eigenvalue weighted by atomic mass is 9.94. The van der Waals surface area contributed by atoms with Crippen LogP contribution in [0, 0.1) is 0 Å². The van der Waals surface area contributed by atoms with Crippen LogP contribution in [0.5, 0.6) is 5.75 Å². The van der Waals surface area contributed by atoms with Crippen molar-refractivity contribution in [3.8, 4) is 16.3 Å². The maximum atomic E-state index is 13.1. The van der Waals surface area contributed by atoms with Gasteiger partial charge in [-0.3, -0.25) is 4.79 Å². The zero-order chi connectivity index (χ0) is 19.7. The number of aliphatic carboxylic acids is 1. The molecule has 1 atom stereocenters. The molecular weight excluding hydrogens is 376 g/mol. The Balaban J connectivity index is 1.66. The van der Waals surface area contributed by atoms with Crippen LogP contribution in [0.1, 0.15) is 21.6 Å². The van der Waals surface area contributed by atoms with E-state index in [1.165, 1.54) is 16.2 Å². The van der Waals surface area contributed by atoms with Gasteiger partial charge in [0.05, 0.1) is 12.7 Å². The molecule has 1 aliphatic rings. The number of hydrogen-bond acceptors (Lipinski definition) is 5. The number of carbonyl (C=O) groups excluding carboxylic acids is 1. The molecule has 0 fully saturated rings. The van der Waals surface area contributed by atoms with Gasteiger partial charge in [-0.2, -0.15) is 0 Å². The summed E-state index contributed by atoms with van der Waals surface area (Å²) in [5, 5.41) is 12.0. The van der Waals surface area contributed by atoms with Gasteiger partial charge >= 0.3 is 5.97 Å². The Kier molecular flexibility index (Phi) is 4.83. The minimum Gasteiger partial charge on any atom is -0.496 e. The van der Waals surface area contributed by atoms with Crippen molar-refractivity contribution in [2.24, 2.45) is 0 Å². The molecule has 0 unspecified atom stereocenters. The van der Waals surface area contributed by atoms with E-state index in [1.54, 1.807) is 12.5 Å². The topological polar surface area (TPSA) is 79.7 Å². The van der Waals surface area contributed by atoms with Gasteiger partial charge in [0.25, 0.3) is 5.91 Å². The number of para-hydroxylation sites is 1. The van der Waals surface area contributed by atoms with Crippen LogP contribution in [-0.2, 0) is 17.8 Å². The van der Waals surface area contributed by atoms with Gasteiger partial charge in [0.15, 0.2) is 0 Å². The fraction of sp³-hybridized carbons (Fsp3) is 0.190. The smallest absolute Gasteiger partial charge is 0.326 e. The summed E-state index contributed by atoms with van der Waals surface area (Å²) in [6.45, 7) is 0.257. The molecule has 1 amide bonds. The third-order valence-corrected chi connectivity index (χ3v) is 5.73. The highest BCUT2D eigenvalue weighted by Gasteiger charge is 2.35. The second-order valence-corrected chi connectivity index (χ2v) is 7.36. The van der Waals surface area contributed by atoms with Crippen LogP contribution < -0.4 is 4.74 Å². The highest BCUT2D eigenvalue weighted by Crippen LogP contribution is 2.33. The van der Waals surface area contributed by atoms with Crippen molar-refractivity contribution in [1.82, 2.24) is 9.88 Å². The summed E-state index contributed by atoms with van der Waals surface area (Å²) in [4.78, 5) is 30.8. The number of carboxylic acid groups (broad SMARTS) is 1. The number of nitrogens with zero attached hydrogens (tertiary/aromatic N) is 2. The molecule has 0 spiro atoms. The number of fused-ring (bicyclic) bond motifs is 1.